The topological polar surface area (TPSA) is 70.4 Å². The lowest BCUT2D eigenvalue weighted by molar-refractivity contribution is 0.468. The van der Waals surface area contributed by atoms with E-state index < -0.39 is 0 Å². The second kappa shape index (κ2) is 6.38. The molecule has 2 N–H and O–H groups in total. The van der Waals surface area contributed by atoms with Crippen molar-refractivity contribution in [2.24, 2.45) is 5.10 Å². The summed E-state index contributed by atoms with van der Waals surface area (Å²) in [6.07, 6.45) is 1.49. The summed E-state index contributed by atoms with van der Waals surface area (Å²) < 4.78 is 2.38. The highest BCUT2D eigenvalue weighted by atomic mass is 79.9. The minimum Gasteiger partial charge on any atom is -0.506 e. The zero-order valence-corrected chi connectivity index (χ0v) is 15.4. The molecule has 0 atom stereocenters. The molecule has 0 amide bonds. The maximum atomic E-state index is 12.5. The van der Waals surface area contributed by atoms with Gasteiger partial charge in [-0.3, -0.25) is 4.79 Å². The zero-order chi connectivity index (χ0) is 16.6. The summed E-state index contributed by atoms with van der Waals surface area (Å²) in [6.45, 7) is 0. The number of hydrogen-bond donors (Lipinski definition) is 2. The van der Waals surface area contributed by atoms with Gasteiger partial charge in [-0.15, -0.1) is 0 Å². The number of aromatic nitrogens is 2. The van der Waals surface area contributed by atoms with Crippen LogP contribution in [0.3, 0.4) is 0 Å². The molecule has 23 heavy (non-hydrogen) atoms. The van der Waals surface area contributed by atoms with E-state index >= 15 is 0 Å². The van der Waals surface area contributed by atoms with E-state index in [4.69, 9.17) is 12.2 Å². The molecule has 3 rings (SSSR count). The van der Waals surface area contributed by atoms with Gasteiger partial charge in [-0.2, -0.15) is 9.78 Å². The number of phenolic OH excluding ortho intramolecular Hbond substituents is 1. The van der Waals surface area contributed by atoms with E-state index in [0.29, 0.717) is 25.4 Å². The molecule has 0 saturated carbocycles. The van der Waals surface area contributed by atoms with Crippen molar-refractivity contribution in [3.63, 3.8) is 0 Å². The van der Waals surface area contributed by atoms with Crippen molar-refractivity contribution in [2.45, 2.75) is 0 Å². The van der Waals surface area contributed by atoms with Crippen LogP contribution in [-0.4, -0.2) is 21.0 Å². The summed E-state index contributed by atoms with van der Waals surface area (Å²) >= 11 is 11.7. The van der Waals surface area contributed by atoms with E-state index in [1.165, 1.54) is 6.21 Å². The Morgan fingerprint density at radius 2 is 1.87 bits per heavy atom. The number of phenols is 1. The van der Waals surface area contributed by atoms with E-state index in [2.05, 4.69) is 41.9 Å². The molecular weight excluding hydrogens is 446 g/mol. The van der Waals surface area contributed by atoms with Crippen LogP contribution in [0, 0.1) is 4.77 Å². The van der Waals surface area contributed by atoms with E-state index in [-0.39, 0.29) is 16.1 Å². The molecule has 2 aromatic carbocycles. The van der Waals surface area contributed by atoms with Gasteiger partial charge in [0, 0.05) is 0 Å². The summed E-state index contributed by atoms with van der Waals surface area (Å²) in [5.41, 5.74) is 1.07. The Labute approximate surface area is 152 Å². The third kappa shape index (κ3) is 3.15. The maximum absolute atomic E-state index is 12.5. The van der Waals surface area contributed by atoms with Gasteiger partial charge < -0.3 is 10.1 Å². The van der Waals surface area contributed by atoms with E-state index in [1.807, 2.05) is 6.07 Å². The minimum absolute atomic E-state index is 0.0994. The number of halogens is 2. The van der Waals surface area contributed by atoms with Gasteiger partial charge in [0.2, 0.25) is 4.77 Å². The maximum Gasteiger partial charge on any atom is 0.282 e. The van der Waals surface area contributed by atoms with Gasteiger partial charge in [-0.1, -0.05) is 12.1 Å². The molecule has 0 aliphatic carbocycles. The van der Waals surface area contributed by atoms with E-state index in [1.54, 1.807) is 30.3 Å². The molecule has 1 aromatic heterocycles. The van der Waals surface area contributed by atoms with Crippen molar-refractivity contribution in [1.82, 2.24) is 9.66 Å². The number of aromatic hydroxyl groups is 1. The highest BCUT2D eigenvalue weighted by Gasteiger charge is 2.06. The first-order chi connectivity index (χ1) is 11.0. The van der Waals surface area contributed by atoms with Gasteiger partial charge in [-0.25, -0.2) is 0 Å². The monoisotopic (exact) mass is 453 g/mol. The van der Waals surface area contributed by atoms with Gasteiger partial charge >= 0.3 is 0 Å². The Morgan fingerprint density at radius 3 is 2.57 bits per heavy atom. The molecule has 0 fully saturated rings. The number of H-pyrrole nitrogens is 1. The van der Waals surface area contributed by atoms with Gasteiger partial charge in [0.05, 0.1) is 26.1 Å². The lowest BCUT2D eigenvalue weighted by Crippen LogP contribution is -2.18. The van der Waals surface area contributed by atoms with Crippen LogP contribution in [-0.2, 0) is 0 Å². The van der Waals surface area contributed by atoms with Gasteiger partial charge in [-0.05, 0) is 73.9 Å². The fourth-order valence-electron chi connectivity index (χ4n) is 2.04. The first-order valence-electron chi connectivity index (χ1n) is 6.44. The fraction of sp³-hybridized carbons (Fsp3) is 0. The third-order valence-electron chi connectivity index (χ3n) is 3.15. The van der Waals surface area contributed by atoms with Crippen molar-refractivity contribution >= 4 is 61.2 Å². The average molecular weight is 455 g/mol. The Balaban J connectivity index is 2.12. The summed E-state index contributed by atoms with van der Waals surface area (Å²) in [6, 6.07) is 10.5. The molecule has 0 spiro atoms. The summed E-state index contributed by atoms with van der Waals surface area (Å²) in [7, 11) is 0. The number of hydrogen-bond acceptors (Lipinski definition) is 4. The molecule has 116 valence electrons. The smallest absolute Gasteiger partial charge is 0.282 e. The van der Waals surface area contributed by atoms with Crippen LogP contribution in [0.5, 0.6) is 5.75 Å². The normalized spacial score (nSPS) is 11.4. The summed E-state index contributed by atoms with van der Waals surface area (Å²) in [5, 5.41) is 14.4. The highest BCUT2D eigenvalue weighted by Crippen LogP contribution is 2.32. The van der Waals surface area contributed by atoms with Crippen LogP contribution in [0.15, 0.2) is 55.2 Å². The molecule has 0 unspecified atom stereocenters. The van der Waals surface area contributed by atoms with Crippen molar-refractivity contribution in [2.75, 3.05) is 0 Å². The van der Waals surface area contributed by atoms with Crippen LogP contribution < -0.4 is 5.56 Å². The number of aromatic amines is 1. The van der Waals surface area contributed by atoms with Crippen LogP contribution >= 0.6 is 44.1 Å². The molecule has 0 bridgehead atoms. The van der Waals surface area contributed by atoms with Gasteiger partial charge in [0.15, 0.2) is 0 Å². The Kier molecular flexibility index (Phi) is 4.47. The van der Waals surface area contributed by atoms with Crippen molar-refractivity contribution in [1.29, 1.82) is 0 Å². The molecule has 1 heterocycles. The van der Waals surface area contributed by atoms with Crippen molar-refractivity contribution < 1.29 is 5.11 Å². The number of fused-ring (bicyclic) bond motifs is 1. The van der Waals surface area contributed by atoms with E-state index in [0.717, 1.165) is 4.68 Å². The van der Waals surface area contributed by atoms with Crippen LogP contribution in [0.25, 0.3) is 10.9 Å². The summed E-state index contributed by atoms with van der Waals surface area (Å²) in [4.78, 5) is 15.4. The third-order valence-corrected chi connectivity index (χ3v) is 4.63. The molecule has 5 nitrogen and oxygen atoms in total. The molecule has 0 aliphatic rings. The standard InChI is InChI=1S/C15H9Br2N3O2S/c16-10-5-8(6-11(17)13(10)21)7-18-20-14(22)9-3-1-2-4-12(9)19-15(20)23/h1-7,21H,(H,19,23)/b18-7+. The van der Waals surface area contributed by atoms with Crippen molar-refractivity contribution in [3.8, 4) is 5.75 Å². The first kappa shape index (κ1) is 16.1. The largest absolute Gasteiger partial charge is 0.506 e. The Morgan fingerprint density at radius 1 is 1.22 bits per heavy atom. The van der Waals surface area contributed by atoms with Crippen molar-refractivity contribution in [3.05, 3.63) is 66.0 Å². The predicted molar refractivity (Wildman–Crippen MR) is 99.9 cm³/mol. The summed E-state index contributed by atoms with van der Waals surface area (Å²) in [5.74, 6) is 0.0994. The quantitative estimate of drug-likeness (QED) is 0.451. The lowest BCUT2D eigenvalue weighted by Gasteiger charge is -2.04. The number of para-hydroxylation sites is 1. The second-order valence-electron chi connectivity index (χ2n) is 4.67. The van der Waals surface area contributed by atoms with E-state index in [9.17, 15) is 9.90 Å². The Bertz CT molecular complexity index is 1030. The van der Waals surface area contributed by atoms with Crippen LogP contribution in [0.4, 0.5) is 0 Å². The zero-order valence-electron chi connectivity index (χ0n) is 11.5. The average Bonchev–Trinajstić information content (AvgIpc) is 2.52. The van der Waals surface area contributed by atoms with Crippen LogP contribution in [0.2, 0.25) is 0 Å². The predicted octanol–water partition coefficient (Wildman–Crippen LogP) is 4.17. The number of nitrogens with zero attached hydrogens (tertiary/aromatic N) is 2. The first-order valence-corrected chi connectivity index (χ1v) is 8.43. The number of nitrogens with one attached hydrogen (secondary N) is 1. The molecule has 0 radical (unpaired) electrons. The number of rotatable bonds is 2. The van der Waals surface area contributed by atoms with Crippen LogP contribution in [0.1, 0.15) is 5.56 Å². The van der Waals surface area contributed by atoms with Gasteiger partial charge in [0.1, 0.15) is 5.75 Å². The second-order valence-corrected chi connectivity index (χ2v) is 6.77. The SMILES string of the molecule is O=c1c2ccccc2[nH]c(=S)n1/N=C/c1cc(Br)c(O)c(Br)c1. The minimum atomic E-state index is -0.294. The molecular formula is C15H9Br2N3O2S. The Hall–Kier alpha value is -1.77. The molecule has 0 aliphatic heterocycles. The molecule has 8 heteroatoms. The van der Waals surface area contributed by atoms with Gasteiger partial charge in [0.25, 0.3) is 5.56 Å². The fourth-order valence-corrected chi connectivity index (χ4v) is 3.50. The lowest BCUT2D eigenvalue weighted by atomic mass is 10.2. The molecule has 0 saturated heterocycles. The highest BCUT2D eigenvalue weighted by molar-refractivity contribution is 9.11. The molecule has 3 aromatic rings. The number of benzene rings is 2.